The fourth-order valence-corrected chi connectivity index (χ4v) is 1.21. The van der Waals surface area contributed by atoms with Crippen LogP contribution in [-0.4, -0.2) is 32.6 Å². The van der Waals surface area contributed by atoms with Gasteiger partial charge in [0.2, 0.25) is 16.5 Å². The van der Waals surface area contributed by atoms with E-state index in [1.54, 1.807) is 0 Å². The zero-order chi connectivity index (χ0) is 11.3. The van der Waals surface area contributed by atoms with Crippen LogP contribution in [0.3, 0.4) is 0 Å². The van der Waals surface area contributed by atoms with Crippen molar-refractivity contribution >= 4 is 35.1 Å². The van der Waals surface area contributed by atoms with Crippen LogP contribution in [0.15, 0.2) is 0 Å². The monoisotopic (exact) mass is 250 g/mol. The molecule has 1 rings (SSSR count). The smallest absolute Gasteiger partial charge is 0.303 e. The maximum atomic E-state index is 10.2. The molecule has 0 aromatic carbocycles. The van der Waals surface area contributed by atoms with Crippen LogP contribution in [-0.2, 0) is 4.79 Å². The SMILES string of the molecule is O=C(O)CCCNc1nc(Cl)nc(Cl)n1. The molecule has 0 bridgehead atoms. The van der Waals surface area contributed by atoms with Gasteiger partial charge in [-0.25, -0.2) is 0 Å². The molecule has 82 valence electrons. The summed E-state index contributed by atoms with van der Waals surface area (Å²) in [5.74, 6) is -0.603. The number of carboxylic acids is 1. The standard InChI is InChI=1S/C7H8Cl2N4O2/c8-5-11-6(9)13-7(12-5)10-3-1-2-4(14)15/h1-3H2,(H,14,15)(H,10,11,12,13). The number of nitrogens with zero attached hydrogens (tertiary/aromatic N) is 3. The van der Waals surface area contributed by atoms with Gasteiger partial charge in [0.1, 0.15) is 0 Å². The van der Waals surface area contributed by atoms with Crippen molar-refractivity contribution in [1.29, 1.82) is 0 Å². The third-order valence-electron chi connectivity index (χ3n) is 1.43. The molecule has 0 aliphatic carbocycles. The van der Waals surface area contributed by atoms with Gasteiger partial charge in [0.15, 0.2) is 0 Å². The van der Waals surface area contributed by atoms with E-state index in [0.29, 0.717) is 13.0 Å². The molecule has 0 aliphatic heterocycles. The van der Waals surface area contributed by atoms with Crippen LogP contribution in [0, 0.1) is 0 Å². The molecule has 1 aromatic rings. The first kappa shape index (κ1) is 11.9. The number of aliphatic carboxylic acids is 1. The van der Waals surface area contributed by atoms with E-state index < -0.39 is 5.97 Å². The molecule has 0 amide bonds. The van der Waals surface area contributed by atoms with Crippen molar-refractivity contribution in [2.75, 3.05) is 11.9 Å². The molecular weight excluding hydrogens is 243 g/mol. The summed E-state index contributed by atoms with van der Waals surface area (Å²) in [7, 11) is 0. The second-order valence-corrected chi connectivity index (χ2v) is 3.30. The molecule has 15 heavy (non-hydrogen) atoms. The second-order valence-electron chi connectivity index (χ2n) is 2.62. The van der Waals surface area contributed by atoms with Gasteiger partial charge in [0.25, 0.3) is 0 Å². The molecule has 0 radical (unpaired) electrons. The highest BCUT2D eigenvalue weighted by Crippen LogP contribution is 2.09. The number of carbonyl (C=O) groups is 1. The number of carboxylic acid groups (broad SMARTS) is 1. The van der Waals surface area contributed by atoms with Crippen LogP contribution in [0.2, 0.25) is 10.6 Å². The summed E-state index contributed by atoms with van der Waals surface area (Å²) in [4.78, 5) is 21.3. The molecule has 2 N–H and O–H groups in total. The Morgan fingerprint density at radius 2 is 1.87 bits per heavy atom. The van der Waals surface area contributed by atoms with Gasteiger partial charge in [-0.15, -0.1) is 0 Å². The first-order valence-electron chi connectivity index (χ1n) is 4.10. The predicted molar refractivity (Wildman–Crippen MR) is 55.2 cm³/mol. The van der Waals surface area contributed by atoms with Crippen molar-refractivity contribution in [2.45, 2.75) is 12.8 Å². The van der Waals surface area contributed by atoms with E-state index in [4.69, 9.17) is 28.3 Å². The molecule has 0 unspecified atom stereocenters. The molecule has 0 atom stereocenters. The average Bonchev–Trinajstić information content (AvgIpc) is 2.10. The van der Waals surface area contributed by atoms with Gasteiger partial charge >= 0.3 is 5.97 Å². The topological polar surface area (TPSA) is 88.0 Å². The van der Waals surface area contributed by atoms with Crippen LogP contribution in [0.5, 0.6) is 0 Å². The zero-order valence-corrected chi connectivity index (χ0v) is 9.09. The molecule has 1 aromatic heterocycles. The van der Waals surface area contributed by atoms with Crippen LogP contribution >= 0.6 is 23.2 Å². The van der Waals surface area contributed by atoms with E-state index in [0.717, 1.165) is 0 Å². The Morgan fingerprint density at radius 3 is 2.40 bits per heavy atom. The van der Waals surface area contributed by atoms with Gasteiger partial charge in [0.05, 0.1) is 0 Å². The number of hydrogen-bond donors (Lipinski definition) is 2. The van der Waals surface area contributed by atoms with Crippen molar-refractivity contribution in [3.05, 3.63) is 10.6 Å². The molecule has 0 saturated carbocycles. The summed E-state index contributed by atoms with van der Waals surface area (Å²) in [6.07, 6.45) is 0.551. The first-order valence-corrected chi connectivity index (χ1v) is 4.86. The summed E-state index contributed by atoms with van der Waals surface area (Å²) in [5.41, 5.74) is 0. The first-order chi connectivity index (χ1) is 7.08. The van der Waals surface area contributed by atoms with Gasteiger partial charge in [-0.2, -0.15) is 15.0 Å². The third-order valence-corrected chi connectivity index (χ3v) is 1.77. The van der Waals surface area contributed by atoms with Gasteiger partial charge in [-0.1, -0.05) is 0 Å². The summed E-state index contributed by atoms with van der Waals surface area (Å²) < 4.78 is 0. The predicted octanol–water partition coefficient (Wildman–Crippen LogP) is 1.46. The Bertz CT molecular complexity index is 341. The minimum absolute atomic E-state index is 0.00395. The Morgan fingerprint density at radius 1 is 1.27 bits per heavy atom. The highest BCUT2D eigenvalue weighted by molar-refractivity contribution is 6.31. The normalized spacial score (nSPS) is 10.0. The van der Waals surface area contributed by atoms with Gasteiger partial charge < -0.3 is 10.4 Å². The molecule has 0 spiro atoms. The molecule has 0 saturated heterocycles. The van der Waals surface area contributed by atoms with Crippen LogP contribution in [0.25, 0.3) is 0 Å². The van der Waals surface area contributed by atoms with E-state index in [1.165, 1.54) is 0 Å². The van der Waals surface area contributed by atoms with E-state index in [-0.39, 0.29) is 22.9 Å². The molecule has 0 aliphatic rings. The lowest BCUT2D eigenvalue weighted by Crippen LogP contribution is -2.08. The molecule has 8 heteroatoms. The summed E-state index contributed by atoms with van der Waals surface area (Å²) in [6, 6.07) is 0. The molecule has 0 fully saturated rings. The molecular formula is C7H8Cl2N4O2. The maximum Gasteiger partial charge on any atom is 0.303 e. The molecule has 6 nitrogen and oxygen atoms in total. The quantitative estimate of drug-likeness (QED) is 0.770. The number of nitrogens with one attached hydrogen (secondary N) is 1. The number of rotatable bonds is 5. The lowest BCUT2D eigenvalue weighted by Gasteiger charge is -2.03. The highest BCUT2D eigenvalue weighted by atomic mass is 35.5. The molecule has 1 heterocycles. The number of halogens is 2. The summed E-state index contributed by atoms with van der Waals surface area (Å²) in [5, 5.41) is 11.2. The lowest BCUT2D eigenvalue weighted by molar-refractivity contribution is -0.137. The third kappa shape index (κ3) is 4.75. The van der Waals surface area contributed by atoms with Crippen molar-refractivity contribution in [3.63, 3.8) is 0 Å². The maximum absolute atomic E-state index is 10.2. The number of anilines is 1. The number of aromatic nitrogens is 3. The lowest BCUT2D eigenvalue weighted by atomic mass is 10.3. The summed E-state index contributed by atoms with van der Waals surface area (Å²) >= 11 is 11.1. The minimum Gasteiger partial charge on any atom is -0.481 e. The second kappa shape index (κ2) is 5.67. The van der Waals surface area contributed by atoms with Crippen molar-refractivity contribution in [2.24, 2.45) is 0 Å². The Labute approximate surface area is 95.7 Å². The summed E-state index contributed by atoms with van der Waals surface area (Å²) in [6.45, 7) is 0.434. The largest absolute Gasteiger partial charge is 0.481 e. The van der Waals surface area contributed by atoms with Crippen molar-refractivity contribution < 1.29 is 9.90 Å². The highest BCUT2D eigenvalue weighted by Gasteiger charge is 2.02. The Kier molecular flexibility index (Phi) is 4.51. The Hall–Kier alpha value is -1.14. The van der Waals surface area contributed by atoms with Crippen molar-refractivity contribution in [1.82, 2.24) is 15.0 Å². The van der Waals surface area contributed by atoms with Crippen LogP contribution in [0.4, 0.5) is 5.95 Å². The van der Waals surface area contributed by atoms with Gasteiger partial charge in [-0.3, -0.25) is 4.79 Å². The Balaban J connectivity index is 2.40. The van der Waals surface area contributed by atoms with Crippen LogP contribution in [0.1, 0.15) is 12.8 Å². The van der Waals surface area contributed by atoms with Gasteiger partial charge in [0, 0.05) is 13.0 Å². The van der Waals surface area contributed by atoms with Crippen molar-refractivity contribution in [3.8, 4) is 0 Å². The van der Waals surface area contributed by atoms with E-state index >= 15 is 0 Å². The zero-order valence-electron chi connectivity index (χ0n) is 7.57. The minimum atomic E-state index is -0.844. The average molecular weight is 251 g/mol. The van der Waals surface area contributed by atoms with E-state index in [2.05, 4.69) is 20.3 Å². The fourth-order valence-electron chi connectivity index (χ4n) is 0.845. The van der Waals surface area contributed by atoms with Gasteiger partial charge in [-0.05, 0) is 29.6 Å². The van der Waals surface area contributed by atoms with E-state index in [9.17, 15) is 4.79 Å². The van der Waals surface area contributed by atoms with E-state index in [1.807, 2.05) is 0 Å². The fraction of sp³-hybridized carbons (Fsp3) is 0.429. The number of hydrogen-bond acceptors (Lipinski definition) is 5. The van der Waals surface area contributed by atoms with Crippen LogP contribution < -0.4 is 5.32 Å².